The summed E-state index contributed by atoms with van der Waals surface area (Å²) in [5.41, 5.74) is 6.10. The number of hydrogen-bond acceptors (Lipinski definition) is 4. The van der Waals surface area contributed by atoms with Gasteiger partial charge in [-0.2, -0.15) is 0 Å². The van der Waals surface area contributed by atoms with Crippen LogP contribution in [0.4, 0.5) is 0 Å². The Morgan fingerprint density at radius 3 is 2.82 bits per heavy atom. The molecule has 1 aromatic rings. The van der Waals surface area contributed by atoms with Gasteiger partial charge in [-0.3, -0.25) is 4.79 Å². The van der Waals surface area contributed by atoms with Crippen molar-refractivity contribution in [2.24, 2.45) is 11.1 Å². The van der Waals surface area contributed by atoms with Crippen molar-refractivity contribution < 1.29 is 4.79 Å². The van der Waals surface area contributed by atoms with Gasteiger partial charge in [0.15, 0.2) is 0 Å². The molecule has 0 radical (unpaired) electrons. The van der Waals surface area contributed by atoms with Crippen molar-refractivity contribution >= 4 is 17.2 Å². The van der Waals surface area contributed by atoms with Gasteiger partial charge in [0.05, 0.1) is 6.54 Å². The number of carbonyl (C=O) groups excluding carboxylic acids is 1. The summed E-state index contributed by atoms with van der Waals surface area (Å²) in [6, 6.07) is -0.0775. The third-order valence-corrected chi connectivity index (χ3v) is 3.02. The van der Waals surface area contributed by atoms with Crippen LogP contribution < -0.4 is 11.1 Å². The van der Waals surface area contributed by atoms with Crippen molar-refractivity contribution in [2.75, 3.05) is 0 Å². The normalized spacial score (nSPS) is 13.4. The molecule has 1 atom stereocenters. The predicted octanol–water partition coefficient (Wildman–Crippen LogP) is 1.91. The average molecular weight is 255 g/mol. The maximum atomic E-state index is 11.6. The molecule has 0 aliphatic carbocycles. The average Bonchev–Trinajstić information content (AvgIpc) is 2.63. The fourth-order valence-electron chi connectivity index (χ4n) is 1.68. The monoisotopic (exact) mass is 255 g/mol. The number of nitrogens with zero attached hydrogens (tertiary/aromatic N) is 1. The number of nitrogens with one attached hydrogen (secondary N) is 1. The third kappa shape index (κ3) is 6.38. The Morgan fingerprint density at radius 1 is 1.59 bits per heavy atom. The van der Waals surface area contributed by atoms with Gasteiger partial charge in [-0.15, -0.1) is 11.3 Å². The number of rotatable bonds is 5. The van der Waals surface area contributed by atoms with E-state index in [9.17, 15) is 4.79 Å². The molecule has 0 aromatic carbocycles. The molecule has 3 N–H and O–H groups in total. The first-order valence-corrected chi connectivity index (χ1v) is 6.65. The highest BCUT2D eigenvalue weighted by atomic mass is 32.1. The molecule has 17 heavy (non-hydrogen) atoms. The van der Waals surface area contributed by atoms with E-state index in [1.165, 1.54) is 11.3 Å². The second kappa shape index (κ2) is 6.12. The molecule has 0 aliphatic heterocycles. The second-order valence-corrected chi connectivity index (χ2v) is 6.41. The van der Waals surface area contributed by atoms with E-state index in [-0.39, 0.29) is 17.4 Å². The summed E-state index contributed by atoms with van der Waals surface area (Å²) < 4.78 is 0. The van der Waals surface area contributed by atoms with Crippen LogP contribution in [0, 0.1) is 5.41 Å². The number of nitrogens with two attached hydrogens (primary N) is 1. The first kappa shape index (κ1) is 14.1. The largest absolute Gasteiger partial charge is 0.350 e. The number of amides is 1. The lowest BCUT2D eigenvalue weighted by atomic mass is 9.87. The van der Waals surface area contributed by atoms with Crippen molar-refractivity contribution in [3.8, 4) is 0 Å². The molecule has 0 fully saturated rings. The molecule has 0 spiro atoms. The number of aromatic nitrogens is 1. The van der Waals surface area contributed by atoms with Crippen LogP contribution in [0.2, 0.25) is 0 Å². The van der Waals surface area contributed by atoms with Crippen LogP contribution in [-0.2, 0) is 11.3 Å². The highest BCUT2D eigenvalue weighted by molar-refractivity contribution is 7.09. The molecule has 1 unspecified atom stereocenters. The molecule has 1 aromatic heterocycles. The first-order chi connectivity index (χ1) is 7.87. The van der Waals surface area contributed by atoms with Crippen LogP contribution >= 0.6 is 11.3 Å². The summed E-state index contributed by atoms with van der Waals surface area (Å²) in [6.07, 6.45) is 2.96. The van der Waals surface area contributed by atoms with Gasteiger partial charge in [-0.25, -0.2) is 4.98 Å². The highest BCUT2D eigenvalue weighted by Gasteiger charge is 2.17. The van der Waals surface area contributed by atoms with Gasteiger partial charge in [-0.1, -0.05) is 20.8 Å². The SMILES string of the molecule is CC(C)(C)CC(N)CC(=O)NCc1nccs1. The summed E-state index contributed by atoms with van der Waals surface area (Å²) in [6.45, 7) is 6.87. The molecular weight excluding hydrogens is 234 g/mol. The van der Waals surface area contributed by atoms with Crippen LogP contribution in [0.25, 0.3) is 0 Å². The van der Waals surface area contributed by atoms with Gasteiger partial charge >= 0.3 is 0 Å². The van der Waals surface area contributed by atoms with Gasteiger partial charge < -0.3 is 11.1 Å². The molecular formula is C12H21N3OS. The Balaban J connectivity index is 2.25. The molecule has 1 rings (SSSR count). The Bertz CT molecular complexity index is 343. The highest BCUT2D eigenvalue weighted by Crippen LogP contribution is 2.20. The Kier molecular flexibility index (Phi) is 5.08. The molecule has 0 bridgehead atoms. The molecule has 0 saturated carbocycles. The van der Waals surface area contributed by atoms with E-state index in [0.29, 0.717) is 13.0 Å². The molecule has 0 saturated heterocycles. The number of thiazole rings is 1. The minimum atomic E-state index is -0.0775. The topological polar surface area (TPSA) is 68.0 Å². The van der Waals surface area contributed by atoms with E-state index >= 15 is 0 Å². The lowest BCUT2D eigenvalue weighted by Crippen LogP contribution is -2.33. The Hall–Kier alpha value is -0.940. The van der Waals surface area contributed by atoms with E-state index in [1.54, 1.807) is 6.20 Å². The smallest absolute Gasteiger partial charge is 0.221 e. The number of hydrogen-bond donors (Lipinski definition) is 2. The molecule has 0 aliphatic rings. The van der Waals surface area contributed by atoms with Gasteiger partial charge in [0.2, 0.25) is 5.91 Å². The van der Waals surface area contributed by atoms with Gasteiger partial charge in [0, 0.05) is 24.0 Å². The van der Waals surface area contributed by atoms with E-state index in [4.69, 9.17) is 5.73 Å². The van der Waals surface area contributed by atoms with E-state index in [1.807, 2.05) is 5.38 Å². The maximum absolute atomic E-state index is 11.6. The van der Waals surface area contributed by atoms with E-state index < -0.39 is 0 Å². The minimum Gasteiger partial charge on any atom is -0.350 e. The molecule has 4 nitrogen and oxygen atoms in total. The summed E-state index contributed by atoms with van der Waals surface area (Å²) in [5.74, 6) is -0.00282. The number of carbonyl (C=O) groups is 1. The third-order valence-electron chi connectivity index (χ3n) is 2.24. The first-order valence-electron chi connectivity index (χ1n) is 5.77. The zero-order valence-corrected chi connectivity index (χ0v) is 11.5. The van der Waals surface area contributed by atoms with E-state index in [2.05, 4.69) is 31.1 Å². The Labute approximate surface area is 107 Å². The quantitative estimate of drug-likeness (QED) is 0.844. The lowest BCUT2D eigenvalue weighted by molar-refractivity contribution is -0.121. The maximum Gasteiger partial charge on any atom is 0.221 e. The minimum absolute atomic E-state index is 0.00282. The van der Waals surface area contributed by atoms with Crippen molar-refractivity contribution in [1.29, 1.82) is 0 Å². The summed E-state index contributed by atoms with van der Waals surface area (Å²) in [7, 11) is 0. The fraction of sp³-hybridized carbons (Fsp3) is 0.667. The van der Waals surface area contributed by atoms with E-state index in [0.717, 1.165) is 11.4 Å². The van der Waals surface area contributed by atoms with Crippen LogP contribution in [0.3, 0.4) is 0 Å². The predicted molar refractivity (Wildman–Crippen MR) is 70.6 cm³/mol. The lowest BCUT2D eigenvalue weighted by Gasteiger charge is -2.22. The molecule has 96 valence electrons. The van der Waals surface area contributed by atoms with Crippen LogP contribution in [-0.4, -0.2) is 16.9 Å². The summed E-state index contributed by atoms with van der Waals surface area (Å²) in [5, 5.41) is 5.65. The zero-order chi connectivity index (χ0) is 12.9. The molecule has 1 amide bonds. The van der Waals surface area contributed by atoms with Crippen molar-refractivity contribution in [3.05, 3.63) is 16.6 Å². The summed E-state index contributed by atoms with van der Waals surface area (Å²) >= 11 is 1.54. The zero-order valence-electron chi connectivity index (χ0n) is 10.7. The second-order valence-electron chi connectivity index (χ2n) is 5.43. The molecule has 1 heterocycles. The van der Waals surface area contributed by atoms with Crippen LogP contribution in [0.5, 0.6) is 0 Å². The Morgan fingerprint density at radius 2 is 2.29 bits per heavy atom. The van der Waals surface area contributed by atoms with Gasteiger partial charge in [0.25, 0.3) is 0 Å². The van der Waals surface area contributed by atoms with Crippen molar-refractivity contribution in [3.63, 3.8) is 0 Å². The fourth-order valence-corrected chi connectivity index (χ4v) is 2.24. The summed E-state index contributed by atoms with van der Waals surface area (Å²) in [4.78, 5) is 15.7. The van der Waals surface area contributed by atoms with Crippen LogP contribution in [0.1, 0.15) is 38.6 Å². The van der Waals surface area contributed by atoms with Crippen LogP contribution in [0.15, 0.2) is 11.6 Å². The standard InChI is InChI=1S/C12H21N3OS/c1-12(2,3)7-9(13)6-10(16)15-8-11-14-4-5-17-11/h4-5,9H,6-8,13H2,1-3H3,(H,15,16). The van der Waals surface area contributed by atoms with Gasteiger partial charge in [-0.05, 0) is 11.8 Å². The molecule has 5 heteroatoms. The van der Waals surface area contributed by atoms with Crippen molar-refractivity contribution in [1.82, 2.24) is 10.3 Å². The van der Waals surface area contributed by atoms with Gasteiger partial charge in [0.1, 0.15) is 5.01 Å². The van der Waals surface area contributed by atoms with Crippen molar-refractivity contribution in [2.45, 2.75) is 46.2 Å².